The number of anilines is 1. The molecule has 0 aromatic heterocycles. The fourth-order valence-corrected chi connectivity index (χ4v) is 5.08. The molecule has 0 aliphatic heterocycles. The fraction of sp³-hybridized carbons (Fsp3) is 0.381. The predicted octanol–water partition coefficient (Wildman–Crippen LogP) is 4.16. The number of thioether (sulfide) groups is 1. The minimum absolute atomic E-state index is 0.342. The third-order valence-electron chi connectivity index (χ3n) is 4.43. The highest BCUT2D eigenvalue weighted by molar-refractivity contribution is 7.98. The molecular formula is C21H27ClN2O3S2. The van der Waals surface area contributed by atoms with Gasteiger partial charge in [-0.2, -0.15) is 11.8 Å². The number of nitrogens with one attached hydrogen (secondary N) is 1. The van der Waals surface area contributed by atoms with Crippen LogP contribution in [0.1, 0.15) is 23.6 Å². The monoisotopic (exact) mass is 454 g/mol. The Balaban J connectivity index is 1.95. The van der Waals surface area contributed by atoms with E-state index in [2.05, 4.69) is 36.5 Å². The van der Waals surface area contributed by atoms with Gasteiger partial charge in [0.25, 0.3) is 0 Å². The minimum atomic E-state index is -3.67. The van der Waals surface area contributed by atoms with E-state index in [1.54, 1.807) is 43.8 Å². The number of hydrogen-bond donors (Lipinski definition) is 1. The van der Waals surface area contributed by atoms with Gasteiger partial charge in [0.05, 0.1) is 11.9 Å². The first kappa shape index (κ1) is 23.6. The second-order valence-corrected chi connectivity index (χ2v) is 10.4. The summed E-state index contributed by atoms with van der Waals surface area (Å²) in [5.74, 6) is 1.26. The van der Waals surface area contributed by atoms with E-state index >= 15 is 0 Å². The van der Waals surface area contributed by atoms with E-state index < -0.39 is 16.1 Å². The molecule has 0 spiro atoms. The van der Waals surface area contributed by atoms with Crippen LogP contribution in [0.15, 0.2) is 42.5 Å². The van der Waals surface area contributed by atoms with Crippen molar-refractivity contribution in [2.45, 2.75) is 32.6 Å². The number of sulfonamides is 1. The van der Waals surface area contributed by atoms with Crippen LogP contribution in [0, 0.1) is 13.8 Å². The second-order valence-electron chi connectivity index (χ2n) is 6.99. The van der Waals surface area contributed by atoms with Crippen LogP contribution in [0.2, 0.25) is 5.02 Å². The first-order valence-corrected chi connectivity index (χ1v) is 12.6. The molecule has 8 heteroatoms. The van der Waals surface area contributed by atoms with Crippen molar-refractivity contribution in [1.82, 2.24) is 5.32 Å². The highest BCUT2D eigenvalue weighted by Crippen LogP contribution is 2.28. The summed E-state index contributed by atoms with van der Waals surface area (Å²) in [5.41, 5.74) is 3.61. The highest BCUT2D eigenvalue weighted by atomic mass is 35.5. The third kappa shape index (κ3) is 6.94. The van der Waals surface area contributed by atoms with Crippen LogP contribution in [0.5, 0.6) is 0 Å². The molecule has 158 valence electrons. The molecule has 5 nitrogen and oxygen atoms in total. The number of aryl methyl sites for hydroxylation is 2. The Morgan fingerprint density at radius 3 is 2.45 bits per heavy atom. The van der Waals surface area contributed by atoms with Crippen molar-refractivity contribution in [3.05, 3.63) is 64.2 Å². The van der Waals surface area contributed by atoms with Gasteiger partial charge in [0, 0.05) is 23.1 Å². The first-order valence-electron chi connectivity index (χ1n) is 9.26. The van der Waals surface area contributed by atoms with E-state index in [1.807, 2.05) is 0 Å². The molecular weight excluding hydrogens is 428 g/mol. The number of halogens is 1. The van der Waals surface area contributed by atoms with E-state index in [1.165, 1.54) is 11.1 Å². The zero-order chi connectivity index (χ0) is 21.6. The molecule has 0 saturated carbocycles. The molecule has 0 fully saturated rings. The van der Waals surface area contributed by atoms with Crippen molar-refractivity contribution in [1.29, 1.82) is 0 Å². The number of amides is 1. The Labute approximate surface area is 182 Å². The first-order chi connectivity index (χ1) is 13.6. The molecule has 2 aromatic rings. The maximum atomic E-state index is 12.6. The number of carbonyl (C=O) groups excluding carboxylic acids is 1. The number of carbonyl (C=O) groups is 1. The van der Waals surface area contributed by atoms with Gasteiger partial charge in [-0.25, -0.2) is 8.42 Å². The predicted molar refractivity (Wildman–Crippen MR) is 123 cm³/mol. The topological polar surface area (TPSA) is 66.5 Å². The van der Waals surface area contributed by atoms with Crippen molar-refractivity contribution in [2.75, 3.05) is 22.9 Å². The summed E-state index contributed by atoms with van der Waals surface area (Å²) in [5, 5.41) is 3.25. The largest absolute Gasteiger partial charge is 0.353 e. The maximum Gasteiger partial charge on any atom is 0.243 e. The van der Waals surface area contributed by atoms with Crippen LogP contribution in [0.4, 0.5) is 5.69 Å². The fourth-order valence-electron chi connectivity index (χ4n) is 2.87. The summed E-state index contributed by atoms with van der Waals surface area (Å²) >= 11 is 7.76. The van der Waals surface area contributed by atoms with Gasteiger partial charge in [0.15, 0.2) is 0 Å². The normalized spacial score (nSPS) is 12.4. The number of rotatable bonds is 9. The van der Waals surface area contributed by atoms with Gasteiger partial charge in [-0.1, -0.05) is 47.5 Å². The zero-order valence-electron chi connectivity index (χ0n) is 17.1. The minimum Gasteiger partial charge on any atom is -0.353 e. The van der Waals surface area contributed by atoms with Crippen LogP contribution >= 0.6 is 23.4 Å². The van der Waals surface area contributed by atoms with E-state index in [0.717, 1.165) is 27.6 Å². The average Bonchev–Trinajstić information content (AvgIpc) is 2.64. The molecule has 0 saturated heterocycles. The van der Waals surface area contributed by atoms with Crippen molar-refractivity contribution < 1.29 is 13.2 Å². The molecule has 29 heavy (non-hydrogen) atoms. The molecule has 1 N–H and O–H groups in total. The Hall–Kier alpha value is -1.70. The second kappa shape index (κ2) is 10.4. The SMILES string of the molecule is Cc1ccc(CSCCNC(=O)[C@H](C)N(c2cc(Cl)ccc2C)S(C)(=O)=O)cc1. The lowest BCUT2D eigenvalue weighted by Crippen LogP contribution is -2.48. The van der Waals surface area contributed by atoms with E-state index in [9.17, 15) is 13.2 Å². The van der Waals surface area contributed by atoms with Crippen molar-refractivity contribution in [3.8, 4) is 0 Å². The summed E-state index contributed by atoms with van der Waals surface area (Å²) < 4.78 is 25.9. The van der Waals surface area contributed by atoms with Crippen LogP contribution < -0.4 is 9.62 Å². The Bertz CT molecular complexity index is 947. The lowest BCUT2D eigenvalue weighted by Gasteiger charge is -2.29. The molecule has 0 aliphatic rings. The number of nitrogens with zero attached hydrogens (tertiary/aromatic N) is 1. The zero-order valence-corrected chi connectivity index (χ0v) is 19.5. The Morgan fingerprint density at radius 1 is 1.17 bits per heavy atom. The smallest absolute Gasteiger partial charge is 0.243 e. The molecule has 2 rings (SSSR count). The Kier molecular flexibility index (Phi) is 8.43. The van der Waals surface area contributed by atoms with Gasteiger partial charge in [0.2, 0.25) is 15.9 Å². The summed E-state index contributed by atoms with van der Waals surface area (Å²) in [6.07, 6.45) is 1.09. The lowest BCUT2D eigenvalue weighted by molar-refractivity contribution is -0.121. The highest BCUT2D eigenvalue weighted by Gasteiger charge is 2.30. The van der Waals surface area contributed by atoms with Crippen LogP contribution in [0.25, 0.3) is 0 Å². The molecule has 0 bridgehead atoms. The summed E-state index contributed by atoms with van der Waals surface area (Å²) in [7, 11) is -3.67. The lowest BCUT2D eigenvalue weighted by atomic mass is 10.2. The third-order valence-corrected chi connectivity index (χ3v) is 6.92. The molecule has 0 heterocycles. The van der Waals surface area contributed by atoms with Crippen LogP contribution in [-0.4, -0.2) is 38.9 Å². The summed E-state index contributed by atoms with van der Waals surface area (Å²) in [6, 6.07) is 12.5. The number of hydrogen-bond acceptors (Lipinski definition) is 4. The average molecular weight is 455 g/mol. The molecule has 0 unspecified atom stereocenters. The number of benzene rings is 2. The maximum absolute atomic E-state index is 12.6. The van der Waals surface area contributed by atoms with Crippen molar-refractivity contribution in [3.63, 3.8) is 0 Å². The van der Waals surface area contributed by atoms with Gasteiger partial charge in [-0.15, -0.1) is 0 Å². The van der Waals surface area contributed by atoms with Crippen molar-refractivity contribution >= 4 is 45.0 Å². The Morgan fingerprint density at radius 2 is 1.83 bits per heavy atom. The van der Waals surface area contributed by atoms with Crippen molar-refractivity contribution in [2.24, 2.45) is 0 Å². The molecule has 0 radical (unpaired) electrons. The summed E-state index contributed by atoms with van der Waals surface area (Å²) in [6.45, 7) is 5.89. The van der Waals surface area contributed by atoms with Crippen LogP contribution in [0.3, 0.4) is 0 Å². The molecule has 1 atom stereocenters. The van der Waals surface area contributed by atoms with Gasteiger partial charge >= 0.3 is 0 Å². The molecule has 2 aromatic carbocycles. The van der Waals surface area contributed by atoms with E-state index in [-0.39, 0.29) is 5.91 Å². The van der Waals surface area contributed by atoms with Gasteiger partial charge < -0.3 is 5.32 Å². The molecule has 1 amide bonds. The quantitative estimate of drug-likeness (QED) is 0.577. The van der Waals surface area contributed by atoms with E-state index in [0.29, 0.717) is 17.3 Å². The standard InChI is InChI=1S/C21H27ClN2O3S2/c1-15-5-8-18(9-6-15)14-28-12-11-23-21(25)17(3)24(29(4,26)27)20-13-19(22)10-7-16(20)2/h5-10,13,17H,11-12,14H2,1-4H3,(H,23,25)/t17-/m0/s1. The van der Waals surface area contributed by atoms with Gasteiger partial charge in [-0.05, 0) is 44.0 Å². The molecule has 0 aliphatic carbocycles. The summed E-state index contributed by atoms with van der Waals surface area (Å²) in [4.78, 5) is 12.6. The van der Waals surface area contributed by atoms with E-state index in [4.69, 9.17) is 11.6 Å². The van der Waals surface area contributed by atoms with Crippen LogP contribution in [-0.2, 0) is 20.6 Å². The van der Waals surface area contributed by atoms with Gasteiger partial charge in [-0.3, -0.25) is 9.10 Å². The van der Waals surface area contributed by atoms with Gasteiger partial charge in [0.1, 0.15) is 6.04 Å².